The molecule has 0 fully saturated rings. The first kappa shape index (κ1) is 15.8. The first-order valence-electron chi connectivity index (χ1n) is 5.99. The van der Waals surface area contributed by atoms with Crippen molar-refractivity contribution in [2.24, 2.45) is 16.8 Å². The number of oxime groups is 1. The number of hydrogen-bond donors (Lipinski definition) is 1. The largest absolute Gasteiger partial charge is 0.380 e. The van der Waals surface area contributed by atoms with E-state index in [9.17, 15) is 4.79 Å². The van der Waals surface area contributed by atoms with Gasteiger partial charge in [0.05, 0.1) is 10.9 Å². The quantitative estimate of drug-likeness (QED) is 0.391. The van der Waals surface area contributed by atoms with Gasteiger partial charge in [-0.25, -0.2) is 4.79 Å². The first-order chi connectivity index (χ1) is 8.99. The van der Waals surface area contributed by atoms with Crippen molar-refractivity contribution >= 4 is 35.0 Å². The van der Waals surface area contributed by atoms with E-state index in [1.165, 1.54) is 0 Å². The van der Waals surface area contributed by atoms with Crippen LogP contribution < -0.4 is 5.73 Å². The molecule has 2 N–H and O–H groups in total. The molecule has 0 atom stereocenters. The number of rotatable bonds is 5. The van der Waals surface area contributed by atoms with Gasteiger partial charge >= 0.3 is 5.97 Å². The lowest BCUT2D eigenvalue weighted by molar-refractivity contribution is -0.148. The minimum absolute atomic E-state index is 0.0426. The van der Waals surface area contributed by atoms with Crippen molar-refractivity contribution in [1.82, 2.24) is 0 Å². The molecule has 1 rings (SSSR count). The standard InChI is InChI=1S/C13H16Cl2N2O2/c1-3-8(4-2)13(18)19-17-12(16)10-6-5-9(14)7-11(10)15/h5-8H,3-4H2,1-2H3,(H2,16,17). The average Bonchev–Trinajstić information content (AvgIpc) is 2.37. The molecule has 0 aliphatic carbocycles. The molecule has 0 spiro atoms. The van der Waals surface area contributed by atoms with E-state index in [2.05, 4.69) is 5.16 Å². The summed E-state index contributed by atoms with van der Waals surface area (Å²) in [5.41, 5.74) is 6.20. The third-order valence-corrected chi connectivity index (χ3v) is 3.31. The smallest absolute Gasteiger partial charge is 0.338 e. The van der Waals surface area contributed by atoms with E-state index in [1.807, 2.05) is 13.8 Å². The number of carbonyl (C=O) groups is 1. The molecule has 0 radical (unpaired) electrons. The van der Waals surface area contributed by atoms with E-state index in [4.69, 9.17) is 33.8 Å². The van der Waals surface area contributed by atoms with Crippen LogP contribution in [0.1, 0.15) is 32.3 Å². The van der Waals surface area contributed by atoms with Crippen LogP contribution in [0.25, 0.3) is 0 Å². The van der Waals surface area contributed by atoms with Crippen molar-refractivity contribution in [3.05, 3.63) is 33.8 Å². The molecule has 1 aromatic carbocycles. The van der Waals surface area contributed by atoms with Gasteiger partial charge in [0.2, 0.25) is 0 Å². The molecule has 1 aromatic rings. The molecule has 0 aliphatic rings. The Bertz CT molecular complexity index is 486. The first-order valence-corrected chi connectivity index (χ1v) is 6.74. The molecule has 0 amide bonds. The van der Waals surface area contributed by atoms with E-state index in [0.29, 0.717) is 28.5 Å². The van der Waals surface area contributed by atoms with E-state index >= 15 is 0 Å². The summed E-state index contributed by atoms with van der Waals surface area (Å²) in [6.07, 6.45) is 1.40. The second-order valence-corrected chi connectivity index (χ2v) is 4.87. The van der Waals surface area contributed by atoms with Crippen LogP contribution in [-0.4, -0.2) is 11.8 Å². The molecule has 0 saturated carbocycles. The van der Waals surface area contributed by atoms with Crippen LogP contribution in [0.3, 0.4) is 0 Å². The molecular formula is C13H16Cl2N2O2. The summed E-state index contributed by atoms with van der Waals surface area (Å²) in [4.78, 5) is 16.5. The zero-order valence-electron chi connectivity index (χ0n) is 10.8. The van der Waals surface area contributed by atoms with Crippen LogP contribution in [0.4, 0.5) is 0 Å². The number of nitrogens with zero attached hydrogens (tertiary/aromatic N) is 1. The fraction of sp³-hybridized carbons (Fsp3) is 0.385. The summed E-state index contributed by atoms with van der Waals surface area (Å²) in [5, 5.41) is 4.47. The summed E-state index contributed by atoms with van der Waals surface area (Å²) in [6.45, 7) is 3.83. The van der Waals surface area contributed by atoms with Crippen LogP contribution in [0.5, 0.6) is 0 Å². The molecule has 0 saturated heterocycles. The molecule has 104 valence electrons. The zero-order valence-corrected chi connectivity index (χ0v) is 12.3. The Labute approximate surface area is 122 Å². The highest BCUT2D eigenvalue weighted by molar-refractivity contribution is 6.36. The number of benzene rings is 1. The Kier molecular flexibility index (Phi) is 6.12. The third-order valence-electron chi connectivity index (χ3n) is 2.76. The third kappa shape index (κ3) is 4.40. The highest BCUT2D eigenvalue weighted by atomic mass is 35.5. The minimum Gasteiger partial charge on any atom is -0.380 e. The van der Waals surface area contributed by atoms with Crippen LogP contribution in [-0.2, 0) is 9.63 Å². The maximum atomic E-state index is 11.6. The maximum absolute atomic E-state index is 11.6. The summed E-state index contributed by atoms with van der Waals surface area (Å²) >= 11 is 11.7. The lowest BCUT2D eigenvalue weighted by Gasteiger charge is -2.08. The fourth-order valence-corrected chi connectivity index (χ4v) is 2.04. The molecule has 0 bridgehead atoms. The summed E-state index contributed by atoms with van der Waals surface area (Å²) in [6, 6.07) is 4.80. The van der Waals surface area contributed by atoms with E-state index in [0.717, 1.165) is 0 Å². The van der Waals surface area contributed by atoms with Crippen LogP contribution in [0.15, 0.2) is 23.4 Å². The molecular weight excluding hydrogens is 287 g/mol. The minimum atomic E-state index is -0.391. The lowest BCUT2D eigenvalue weighted by Crippen LogP contribution is -2.19. The maximum Gasteiger partial charge on any atom is 0.338 e. The number of carbonyl (C=O) groups excluding carboxylic acids is 1. The normalized spacial score (nSPS) is 11.7. The molecule has 4 nitrogen and oxygen atoms in total. The van der Waals surface area contributed by atoms with Gasteiger partial charge in [-0.1, -0.05) is 42.2 Å². The Morgan fingerprint density at radius 3 is 2.53 bits per heavy atom. The van der Waals surface area contributed by atoms with Gasteiger partial charge in [0.1, 0.15) is 0 Å². The predicted octanol–water partition coefficient (Wildman–Crippen LogP) is 3.59. The van der Waals surface area contributed by atoms with Crippen molar-refractivity contribution in [2.45, 2.75) is 26.7 Å². The number of amidine groups is 1. The van der Waals surface area contributed by atoms with Crippen molar-refractivity contribution < 1.29 is 9.63 Å². The Balaban J connectivity index is 2.79. The van der Waals surface area contributed by atoms with Gasteiger partial charge in [-0.05, 0) is 31.0 Å². The average molecular weight is 303 g/mol. The highest BCUT2D eigenvalue weighted by Crippen LogP contribution is 2.20. The number of nitrogens with two attached hydrogens (primary N) is 1. The van der Waals surface area contributed by atoms with Gasteiger partial charge in [0.25, 0.3) is 0 Å². The van der Waals surface area contributed by atoms with Gasteiger partial charge in [0, 0.05) is 10.6 Å². The Hall–Kier alpha value is -1.26. The monoisotopic (exact) mass is 302 g/mol. The van der Waals surface area contributed by atoms with Crippen molar-refractivity contribution in [2.75, 3.05) is 0 Å². The van der Waals surface area contributed by atoms with Gasteiger partial charge in [-0.3, -0.25) is 0 Å². The summed E-state index contributed by atoms with van der Waals surface area (Å²) in [5.74, 6) is -0.517. The summed E-state index contributed by atoms with van der Waals surface area (Å²) < 4.78 is 0. The van der Waals surface area contributed by atoms with Crippen LogP contribution >= 0.6 is 23.2 Å². The van der Waals surface area contributed by atoms with Crippen LogP contribution in [0.2, 0.25) is 10.0 Å². The Morgan fingerprint density at radius 1 is 1.37 bits per heavy atom. The molecule has 19 heavy (non-hydrogen) atoms. The fourth-order valence-electron chi connectivity index (χ4n) is 1.54. The van der Waals surface area contributed by atoms with Gasteiger partial charge in [0.15, 0.2) is 5.84 Å². The van der Waals surface area contributed by atoms with E-state index < -0.39 is 5.97 Å². The van der Waals surface area contributed by atoms with Crippen molar-refractivity contribution in [3.8, 4) is 0 Å². The zero-order chi connectivity index (χ0) is 14.4. The van der Waals surface area contributed by atoms with E-state index in [1.54, 1.807) is 18.2 Å². The molecule has 0 aromatic heterocycles. The Morgan fingerprint density at radius 2 is 2.00 bits per heavy atom. The van der Waals surface area contributed by atoms with Crippen molar-refractivity contribution in [3.63, 3.8) is 0 Å². The number of halogens is 2. The number of hydrogen-bond acceptors (Lipinski definition) is 3. The second kappa shape index (κ2) is 7.36. The molecule has 0 aliphatic heterocycles. The van der Waals surface area contributed by atoms with Crippen LogP contribution in [0, 0.1) is 5.92 Å². The summed E-state index contributed by atoms with van der Waals surface area (Å²) in [7, 11) is 0. The lowest BCUT2D eigenvalue weighted by atomic mass is 10.0. The molecule has 0 unspecified atom stereocenters. The second-order valence-electron chi connectivity index (χ2n) is 4.02. The van der Waals surface area contributed by atoms with E-state index in [-0.39, 0.29) is 11.8 Å². The van der Waals surface area contributed by atoms with Crippen molar-refractivity contribution in [1.29, 1.82) is 0 Å². The highest BCUT2D eigenvalue weighted by Gasteiger charge is 2.16. The topological polar surface area (TPSA) is 64.7 Å². The van der Waals surface area contributed by atoms with Gasteiger partial charge in [-0.2, -0.15) is 0 Å². The van der Waals surface area contributed by atoms with Gasteiger partial charge in [-0.15, -0.1) is 0 Å². The predicted molar refractivity (Wildman–Crippen MR) is 77.4 cm³/mol. The molecule has 0 heterocycles. The van der Waals surface area contributed by atoms with Gasteiger partial charge < -0.3 is 10.6 Å². The SMILES string of the molecule is CCC(CC)C(=O)O/N=C(\N)c1ccc(Cl)cc1Cl. The molecule has 6 heteroatoms.